The van der Waals surface area contributed by atoms with Gasteiger partial charge in [-0.05, 0) is 25.2 Å². The monoisotopic (exact) mass is 301 g/mol. The van der Waals surface area contributed by atoms with Gasteiger partial charge in [-0.2, -0.15) is 0 Å². The van der Waals surface area contributed by atoms with E-state index >= 15 is 0 Å². The van der Waals surface area contributed by atoms with Crippen molar-refractivity contribution in [2.75, 3.05) is 32.6 Å². The molecule has 0 fully saturated rings. The van der Waals surface area contributed by atoms with Gasteiger partial charge in [0.15, 0.2) is 0 Å². The zero-order valence-electron chi connectivity index (χ0n) is 11.7. The summed E-state index contributed by atoms with van der Waals surface area (Å²) in [7, 11) is -0.436. The average Bonchev–Trinajstić information content (AvgIpc) is 2.38. The van der Waals surface area contributed by atoms with Crippen LogP contribution in [0.4, 0.5) is 5.69 Å². The smallest absolute Gasteiger partial charge is 0.240 e. The van der Waals surface area contributed by atoms with Crippen molar-refractivity contribution in [1.82, 2.24) is 10.0 Å². The summed E-state index contributed by atoms with van der Waals surface area (Å²) < 4.78 is 31.6. The van der Waals surface area contributed by atoms with Crippen molar-refractivity contribution in [3.8, 4) is 5.75 Å². The van der Waals surface area contributed by atoms with Gasteiger partial charge in [0.2, 0.25) is 15.9 Å². The number of likely N-dealkylation sites (N-methyl/N-ethyl adjacent to an activating group) is 1. The lowest BCUT2D eigenvalue weighted by atomic mass is 10.3. The topological polar surface area (TPSA) is 96.5 Å². The molecule has 0 heterocycles. The van der Waals surface area contributed by atoms with Crippen molar-refractivity contribution in [3.63, 3.8) is 0 Å². The Morgan fingerprint density at radius 3 is 2.55 bits per heavy atom. The molecule has 0 spiro atoms. The van der Waals surface area contributed by atoms with Crippen LogP contribution in [0.2, 0.25) is 0 Å². The zero-order chi connectivity index (χ0) is 15.2. The summed E-state index contributed by atoms with van der Waals surface area (Å²) in [5.41, 5.74) is 0.316. The molecule has 8 heteroatoms. The molecule has 1 aromatic carbocycles. The Labute approximate surface area is 118 Å². The summed E-state index contributed by atoms with van der Waals surface area (Å²) in [6.07, 6.45) is 0. The van der Waals surface area contributed by atoms with Crippen LogP contribution < -0.4 is 20.1 Å². The Morgan fingerprint density at radius 1 is 1.30 bits per heavy atom. The van der Waals surface area contributed by atoms with E-state index in [0.29, 0.717) is 18.0 Å². The van der Waals surface area contributed by atoms with E-state index in [1.54, 1.807) is 7.05 Å². The molecule has 0 saturated carbocycles. The predicted molar refractivity (Wildman–Crippen MR) is 76.4 cm³/mol. The number of rotatable bonds is 7. The number of benzene rings is 1. The van der Waals surface area contributed by atoms with Gasteiger partial charge in [0.05, 0.1) is 17.7 Å². The van der Waals surface area contributed by atoms with Gasteiger partial charge >= 0.3 is 0 Å². The second-order valence-electron chi connectivity index (χ2n) is 4.04. The van der Waals surface area contributed by atoms with Crippen molar-refractivity contribution < 1.29 is 17.9 Å². The van der Waals surface area contributed by atoms with Crippen LogP contribution in [0.1, 0.15) is 6.92 Å². The molecule has 7 nitrogen and oxygen atoms in total. The van der Waals surface area contributed by atoms with E-state index in [1.165, 1.54) is 32.2 Å². The van der Waals surface area contributed by atoms with Crippen LogP contribution in [0.5, 0.6) is 5.75 Å². The molecule has 112 valence electrons. The fourth-order valence-corrected chi connectivity index (χ4v) is 2.59. The highest BCUT2D eigenvalue weighted by Gasteiger charge is 2.16. The van der Waals surface area contributed by atoms with Gasteiger partial charge in [-0.3, -0.25) is 4.79 Å². The molecule has 1 rings (SSSR count). The molecule has 0 radical (unpaired) electrons. The molecule has 3 N–H and O–H groups in total. The maximum atomic E-state index is 12.1. The summed E-state index contributed by atoms with van der Waals surface area (Å²) >= 11 is 0. The molecule has 20 heavy (non-hydrogen) atoms. The van der Waals surface area contributed by atoms with Crippen molar-refractivity contribution in [2.45, 2.75) is 11.8 Å². The molecule has 0 aliphatic carbocycles. The van der Waals surface area contributed by atoms with Crippen LogP contribution in [0.25, 0.3) is 0 Å². The zero-order valence-corrected chi connectivity index (χ0v) is 12.5. The van der Waals surface area contributed by atoms with Gasteiger partial charge < -0.3 is 15.4 Å². The van der Waals surface area contributed by atoms with Crippen molar-refractivity contribution in [3.05, 3.63) is 18.2 Å². The Hall–Kier alpha value is -1.64. The standard InChI is InChI=1S/C12H19N3O4S/c1-9(16)15-11-8-10(4-5-12(11)19-3)20(17,18)14-7-6-13-2/h4-5,8,13-14H,6-7H2,1-3H3,(H,15,16). The number of hydrogen-bond acceptors (Lipinski definition) is 5. The first kappa shape index (κ1) is 16.4. The highest BCUT2D eigenvalue weighted by atomic mass is 32.2. The Bertz CT molecular complexity index is 572. The molecule has 0 saturated heterocycles. The number of carbonyl (C=O) groups is 1. The van der Waals surface area contributed by atoms with Crippen LogP contribution in [0, 0.1) is 0 Å². The fraction of sp³-hybridized carbons (Fsp3) is 0.417. The molecule has 0 unspecified atom stereocenters. The lowest BCUT2D eigenvalue weighted by Crippen LogP contribution is -2.30. The van der Waals surface area contributed by atoms with Crippen molar-refractivity contribution >= 4 is 21.6 Å². The van der Waals surface area contributed by atoms with E-state index in [9.17, 15) is 13.2 Å². The third-order valence-corrected chi connectivity index (χ3v) is 3.92. The summed E-state index contributed by atoms with van der Waals surface area (Å²) in [5.74, 6) is 0.0929. The summed E-state index contributed by atoms with van der Waals surface area (Å²) in [6.45, 7) is 2.14. The van der Waals surface area contributed by atoms with Gasteiger partial charge in [0.1, 0.15) is 5.75 Å². The molecule has 0 bridgehead atoms. The molecule has 1 amide bonds. The molecule has 1 aromatic rings. The lowest BCUT2D eigenvalue weighted by Gasteiger charge is -2.12. The number of anilines is 1. The second kappa shape index (κ2) is 7.22. The quantitative estimate of drug-likeness (QED) is 0.623. The van der Waals surface area contributed by atoms with E-state index in [2.05, 4.69) is 15.4 Å². The first-order valence-electron chi connectivity index (χ1n) is 6.00. The Kier molecular flexibility index (Phi) is 5.93. The molecule has 0 aliphatic rings. The average molecular weight is 301 g/mol. The first-order chi connectivity index (χ1) is 9.40. The summed E-state index contributed by atoms with van der Waals surface area (Å²) in [5, 5.41) is 5.38. The van der Waals surface area contributed by atoms with Crippen LogP contribution >= 0.6 is 0 Å². The SMILES string of the molecule is CNCCNS(=O)(=O)c1ccc(OC)c(NC(C)=O)c1. The van der Waals surface area contributed by atoms with Gasteiger partial charge in [-0.25, -0.2) is 13.1 Å². The van der Waals surface area contributed by atoms with E-state index in [1.807, 2.05) is 0 Å². The third-order valence-electron chi connectivity index (χ3n) is 2.46. The highest BCUT2D eigenvalue weighted by Crippen LogP contribution is 2.27. The number of ether oxygens (including phenoxy) is 1. The van der Waals surface area contributed by atoms with Crippen molar-refractivity contribution in [2.24, 2.45) is 0 Å². The largest absolute Gasteiger partial charge is 0.495 e. The minimum Gasteiger partial charge on any atom is -0.495 e. The van der Waals surface area contributed by atoms with Gasteiger partial charge in [0, 0.05) is 20.0 Å². The molecular formula is C12H19N3O4S. The third kappa shape index (κ3) is 4.48. The number of hydrogen-bond donors (Lipinski definition) is 3. The Balaban J connectivity index is 3.04. The van der Waals surface area contributed by atoms with Crippen LogP contribution in [0.15, 0.2) is 23.1 Å². The molecule has 0 aromatic heterocycles. The van der Waals surface area contributed by atoms with Crippen LogP contribution in [-0.4, -0.2) is 41.6 Å². The van der Waals surface area contributed by atoms with Gasteiger partial charge in [-0.1, -0.05) is 0 Å². The fourth-order valence-electron chi connectivity index (χ4n) is 1.54. The number of methoxy groups -OCH3 is 1. The minimum atomic E-state index is -3.61. The maximum absolute atomic E-state index is 12.1. The van der Waals surface area contributed by atoms with E-state index in [0.717, 1.165) is 0 Å². The molecule has 0 aliphatic heterocycles. The number of amides is 1. The van der Waals surface area contributed by atoms with E-state index < -0.39 is 10.0 Å². The molecule has 0 atom stereocenters. The second-order valence-corrected chi connectivity index (χ2v) is 5.81. The molecular weight excluding hydrogens is 282 g/mol. The first-order valence-corrected chi connectivity index (χ1v) is 7.49. The van der Waals surface area contributed by atoms with E-state index in [-0.39, 0.29) is 17.3 Å². The highest BCUT2D eigenvalue weighted by molar-refractivity contribution is 7.89. The van der Waals surface area contributed by atoms with E-state index in [4.69, 9.17) is 4.74 Å². The summed E-state index contributed by atoms with van der Waals surface area (Å²) in [6, 6.07) is 4.28. The van der Waals surface area contributed by atoms with Gasteiger partial charge in [-0.15, -0.1) is 0 Å². The lowest BCUT2D eigenvalue weighted by molar-refractivity contribution is -0.114. The normalized spacial score (nSPS) is 11.2. The van der Waals surface area contributed by atoms with Crippen LogP contribution in [0.3, 0.4) is 0 Å². The predicted octanol–water partition coefficient (Wildman–Crippen LogP) is 0.151. The van der Waals surface area contributed by atoms with Gasteiger partial charge in [0.25, 0.3) is 0 Å². The Morgan fingerprint density at radius 2 is 2.00 bits per heavy atom. The summed E-state index contributed by atoms with van der Waals surface area (Å²) in [4.78, 5) is 11.2. The van der Waals surface area contributed by atoms with Crippen molar-refractivity contribution in [1.29, 1.82) is 0 Å². The minimum absolute atomic E-state index is 0.0677. The number of nitrogens with one attached hydrogen (secondary N) is 3. The van der Waals surface area contributed by atoms with Crippen LogP contribution in [-0.2, 0) is 14.8 Å². The number of carbonyl (C=O) groups excluding carboxylic acids is 1. The maximum Gasteiger partial charge on any atom is 0.240 e. The number of sulfonamides is 1.